The highest BCUT2D eigenvalue weighted by molar-refractivity contribution is 7.92. The zero-order chi connectivity index (χ0) is 24.3. The molecule has 9 heteroatoms. The summed E-state index contributed by atoms with van der Waals surface area (Å²) in [6.45, 7) is 1.78. The standard InChI is InChI=1S/C25H21N3O5S/c1-16-7-3-4-8-19(16)25(30)27-26-23-15-22(20-9-5-6-10-21(20)24(23)29)28-34(31,32)18-13-11-17(33-2)12-14-18/h3-15,28-29H,1-2H3. The molecule has 0 heterocycles. The van der Waals surface area contributed by atoms with Crippen LogP contribution in [-0.2, 0) is 10.0 Å². The number of aryl methyl sites for hydroxylation is 1. The highest BCUT2D eigenvalue weighted by Gasteiger charge is 2.19. The summed E-state index contributed by atoms with van der Waals surface area (Å²) in [5, 5.41) is 19.2. The molecule has 0 fully saturated rings. The molecule has 0 aliphatic carbocycles. The summed E-state index contributed by atoms with van der Waals surface area (Å²) in [7, 11) is -2.48. The molecule has 2 N–H and O–H groups in total. The predicted octanol–water partition coefficient (Wildman–Crippen LogP) is 5.59. The number of anilines is 1. The minimum absolute atomic E-state index is 0.0309. The molecule has 4 rings (SSSR count). The SMILES string of the molecule is COc1ccc(S(=O)(=O)Nc2cc(N=NC(=O)c3ccccc3C)c(O)c3ccccc23)cc1. The van der Waals surface area contributed by atoms with Crippen LogP contribution in [0.4, 0.5) is 11.4 Å². The van der Waals surface area contributed by atoms with Gasteiger partial charge in [0, 0.05) is 16.3 Å². The Morgan fingerprint density at radius 2 is 1.59 bits per heavy atom. The van der Waals surface area contributed by atoms with Crippen LogP contribution in [0.5, 0.6) is 11.5 Å². The number of benzene rings is 4. The van der Waals surface area contributed by atoms with Crippen molar-refractivity contribution in [1.82, 2.24) is 0 Å². The topological polar surface area (TPSA) is 117 Å². The Morgan fingerprint density at radius 3 is 2.26 bits per heavy atom. The van der Waals surface area contributed by atoms with Crippen molar-refractivity contribution in [2.24, 2.45) is 10.2 Å². The van der Waals surface area contributed by atoms with Crippen molar-refractivity contribution in [3.63, 3.8) is 0 Å². The van der Waals surface area contributed by atoms with E-state index in [1.165, 1.54) is 25.3 Å². The first-order valence-corrected chi connectivity index (χ1v) is 11.7. The summed E-state index contributed by atoms with van der Waals surface area (Å²) >= 11 is 0. The first-order valence-electron chi connectivity index (χ1n) is 10.2. The Balaban J connectivity index is 1.75. The molecule has 0 saturated heterocycles. The molecule has 0 saturated carbocycles. The number of amides is 1. The molecule has 172 valence electrons. The van der Waals surface area contributed by atoms with Crippen molar-refractivity contribution in [2.45, 2.75) is 11.8 Å². The maximum Gasteiger partial charge on any atom is 0.295 e. The lowest BCUT2D eigenvalue weighted by Gasteiger charge is -2.13. The van der Waals surface area contributed by atoms with Crippen molar-refractivity contribution in [3.05, 3.63) is 90.0 Å². The van der Waals surface area contributed by atoms with E-state index in [0.717, 1.165) is 5.56 Å². The number of carbonyl (C=O) groups excluding carboxylic acids is 1. The molecule has 0 atom stereocenters. The van der Waals surface area contributed by atoms with Gasteiger partial charge in [0.25, 0.3) is 15.9 Å². The van der Waals surface area contributed by atoms with Gasteiger partial charge in [-0.1, -0.05) is 42.5 Å². The molecule has 34 heavy (non-hydrogen) atoms. The second-order valence-corrected chi connectivity index (χ2v) is 9.12. The van der Waals surface area contributed by atoms with Gasteiger partial charge in [0.1, 0.15) is 11.4 Å². The Labute approximate surface area is 196 Å². The van der Waals surface area contributed by atoms with Gasteiger partial charge in [-0.15, -0.1) is 10.2 Å². The van der Waals surface area contributed by atoms with Crippen LogP contribution < -0.4 is 9.46 Å². The van der Waals surface area contributed by atoms with Crippen LogP contribution in [0.15, 0.2) is 94.0 Å². The lowest BCUT2D eigenvalue weighted by atomic mass is 10.1. The summed E-state index contributed by atoms with van der Waals surface area (Å²) in [5.41, 5.74) is 1.25. The number of hydrogen-bond donors (Lipinski definition) is 2. The van der Waals surface area contributed by atoms with Crippen LogP contribution in [0, 0.1) is 6.92 Å². The van der Waals surface area contributed by atoms with E-state index in [2.05, 4.69) is 15.0 Å². The number of methoxy groups -OCH3 is 1. The van der Waals surface area contributed by atoms with Gasteiger partial charge in [0.15, 0.2) is 5.75 Å². The smallest absolute Gasteiger partial charge is 0.295 e. The molecule has 0 unspecified atom stereocenters. The maximum absolute atomic E-state index is 13.0. The zero-order valence-corrected chi connectivity index (χ0v) is 19.2. The van der Waals surface area contributed by atoms with E-state index in [1.807, 2.05) is 0 Å². The fourth-order valence-electron chi connectivity index (χ4n) is 3.43. The molecule has 0 aliphatic heterocycles. The number of nitrogens with zero attached hydrogens (tertiary/aromatic N) is 2. The zero-order valence-electron chi connectivity index (χ0n) is 18.4. The molecular formula is C25H21N3O5S. The number of sulfonamides is 1. The van der Waals surface area contributed by atoms with E-state index in [0.29, 0.717) is 22.1 Å². The van der Waals surface area contributed by atoms with Crippen molar-refractivity contribution in [2.75, 3.05) is 11.8 Å². The number of fused-ring (bicyclic) bond motifs is 1. The van der Waals surface area contributed by atoms with Crippen molar-refractivity contribution in [1.29, 1.82) is 0 Å². The third kappa shape index (κ3) is 4.60. The molecule has 0 radical (unpaired) electrons. The Bertz CT molecular complexity index is 1510. The Morgan fingerprint density at radius 1 is 0.941 bits per heavy atom. The van der Waals surface area contributed by atoms with E-state index in [-0.39, 0.29) is 22.0 Å². The number of ether oxygens (including phenoxy) is 1. The summed E-state index contributed by atoms with van der Waals surface area (Å²) in [5.74, 6) is -0.273. The van der Waals surface area contributed by atoms with Crippen molar-refractivity contribution < 1.29 is 23.1 Å². The quantitative estimate of drug-likeness (QED) is 0.279. The molecule has 0 aliphatic rings. The van der Waals surface area contributed by atoms with Gasteiger partial charge in [-0.25, -0.2) is 8.42 Å². The average Bonchev–Trinajstić information content (AvgIpc) is 2.85. The van der Waals surface area contributed by atoms with Gasteiger partial charge in [0.2, 0.25) is 0 Å². The number of phenolic OH excluding ortho intramolecular Hbond substituents is 1. The second-order valence-electron chi connectivity index (χ2n) is 7.44. The fourth-order valence-corrected chi connectivity index (χ4v) is 4.50. The third-order valence-electron chi connectivity index (χ3n) is 5.23. The summed E-state index contributed by atoms with van der Waals surface area (Å²) in [6, 6.07) is 20.9. The summed E-state index contributed by atoms with van der Waals surface area (Å²) in [4.78, 5) is 12.5. The fraction of sp³-hybridized carbons (Fsp3) is 0.0800. The Hall–Kier alpha value is -4.24. The van der Waals surface area contributed by atoms with E-state index in [1.54, 1.807) is 67.6 Å². The van der Waals surface area contributed by atoms with Crippen molar-refractivity contribution >= 4 is 38.1 Å². The summed E-state index contributed by atoms with van der Waals surface area (Å²) in [6.07, 6.45) is 0. The predicted molar refractivity (Wildman–Crippen MR) is 129 cm³/mol. The normalized spacial score (nSPS) is 11.6. The highest BCUT2D eigenvalue weighted by Crippen LogP contribution is 2.40. The van der Waals surface area contributed by atoms with Crippen LogP contribution in [0.25, 0.3) is 10.8 Å². The van der Waals surface area contributed by atoms with Gasteiger partial charge in [-0.05, 0) is 48.9 Å². The number of nitrogens with one attached hydrogen (secondary N) is 1. The monoisotopic (exact) mass is 475 g/mol. The first-order chi connectivity index (χ1) is 16.3. The van der Waals surface area contributed by atoms with Crippen LogP contribution in [0.1, 0.15) is 15.9 Å². The molecule has 4 aromatic rings. The molecule has 0 bridgehead atoms. The second kappa shape index (κ2) is 9.32. The molecule has 0 spiro atoms. The van der Waals surface area contributed by atoms with E-state index >= 15 is 0 Å². The van der Waals surface area contributed by atoms with Crippen molar-refractivity contribution in [3.8, 4) is 11.5 Å². The lowest BCUT2D eigenvalue weighted by Crippen LogP contribution is -2.13. The average molecular weight is 476 g/mol. The molecule has 0 aromatic heterocycles. The minimum atomic E-state index is -3.97. The summed E-state index contributed by atoms with van der Waals surface area (Å²) < 4.78 is 33.6. The van der Waals surface area contributed by atoms with E-state index in [9.17, 15) is 18.3 Å². The van der Waals surface area contributed by atoms with Gasteiger partial charge >= 0.3 is 0 Å². The number of azo groups is 1. The lowest BCUT2D eigenvalue weighted by molar-refractivity contribution is 0.0994. The highest BCUT2D eigenvalue weighted by atomic mass is 32.2. The molecule has 4 aromatic carbocycles. The minimum Gasteiger partial charge on any atom is -0.505 e. The first kappa shape index (κ1) is 22.9. The van der Waals surface area contributed by atoms with Gasteiger partial charge in [-0.3, -0.25) is 9.52 Å². The van der Waals surface area contributed by atoms with Gasteiger partial charge in [0.05, 0.1) is 17.7 Å². The largest absolute Gasteiger partial charge is 0.505 e. The van der Waals surface area contributed by atoms with Crippen LogP contribution in [-0.4, -0.2) is 26.5 Å². The van der Waals surface area contributed by atoms with E-state index < -0.39 is 15.9 Å². The molecule has 8 nitrogen and oxygen atoms in total. The maximum atomic E-state index is 13.0. The number of aromatic hydroxyl groups is 1. The number of rotatable bonds is 6. The number of hydrogen-bond acceptors (Lipinski definition) is 6. The third-order valence-corrected chi connectivity index (χ3v) is 6.62. The van der Waals surface area contributed by atoms with E-state index in [4.69, 9.17) is 4.74 Å². The number of carbonyl (C=O) groups is 1. The Kier molecular flexibility index (Phi) is 6.29. The van der Waals surface area contributed by atoms with Gasteiger partial charge in [-0.2, -0.15) is 0 Å². The van der Waals surface area contributed by atoms with Crippen LogP contribution >= 0.6 is 0 Å². The molecular weight excluding hydrogens is 454 g/mol. The van der Waals surface area contributed by atoms with Crippen LogP contribution in [0.2, 0.25) is 0 Å². The van der Waals surface area contributed by atoms with Crippen LogP contribution in [0.3, 0.4) is 0 Å². The van der Waals surface area contributed by atoms with Gasteiger partial charge < -0.3 is 9.84 Å². The number of phenols is 1. The molecule has 1 amide bonds.